The molecular weight excluding hydrogens is 264 g/mol. The van der Waals surface area contributed by atoms with Gasteiger partial charge in [0.05, 0.1) is 13.5 Å². The van der Waals surface area contributed by atoms with Crippen molar-refractivity contribution >= 4 is 11.6 Å². The van der Waals surface area contributed by atoms with Crippen LogP contribution in [0.5, 0.6) is 5.75 Å². The van der Waals surface area contributed by atoms with E-state index < -0.39 is 0 Å². The van der Waals surface area contributed by atoms with E-state index in [-0.39, 0.29) is 5.91 Å². The zero-order chi connectivity index (χ0) is 15.1. The number of carbonyl (C=O) groups excluding carboxylic acids is 1. The summed E-state index contributed by atoms with van der Waals surface area (Å²) >= 11 is 0. The van der Waals surface area contributed by atoms with E-state index in [1.54, 1.807) is 14.2 Å². The molecule has 110 valence electrons. The van der Waals surface area contributed by atoms with E-state index in [0.29, 0.717) is 6.42 Å². The van der Waals surface area contributed by atoms with E-state index in [4.69, 9.17) is 4.74 Å². The lowest BCUT2D eigenvalue weighted by molar-refractivity contribution is -0.119. The summed E-state index contributed by atoms with van der Waals surface area (Å²) in [7, 11) is 3.31. The summed E-state index contributed by atoms with van der Waals surface area (Å²) in [5, 5.41) is 5.97. The molecule has 2 N–H and O–H groups in total. The molecule has 2 aromatic rings. The summed E-state index contributed by atoms with van der Waals surface area (Å²) in [6, 6.07) is 15.9. The van der Waals surface area contributed by atoms with Crippen LogP contribution in [0.3, 0.4) is 0 Å². The Morgan fingerprint density at radius 2 is 1.62 bits per heavy atom. The second kappa shape index (κ2) is 7.33. The molecular formula is C17H20N2O2. The van der Waals surface area contributed by atoms with Crippen LogP contribution in [0.2, 0.25) is 0 Å². The fourth-order valence-corrected chi connectivity index (χ4v) is 1.96. The molecule has 2 aromatic carbocycles. The predicted molar refractivity (Wildman–Crippen MR) is 84.5 cm³/mol. The van der Waals surface area contributed by atoms with E-state index >= 15 is 0 Å². The maximum Gasteiger partial charge on any atom is 0.224 e. The highest BCUT2D eigenvalue weighted by atomic mass is 16.5. The maximum absolute atomic E-state index is 11.3. The number of anilines is 1. The first-order valence-corrected chi connectivity index (χ1v) is 6.87. The molecule has 0 saturated heterocycles. The lowest BCUT2D eigenvalue weighted by atomic mass is 10.1. The second-order valence-corrected chi connectivity index (χ2v) is 4.75. The van der Waals surface area contributed by atoms with Crippen LogP contribution in [-0.4, -0.2) is 20.1 Å². The number of nitrogens with one attached hydrogen (secondary N) is 2. The first-order chi connectivity index (χ1) is 10.2. The zero-order valence-corrected chi connectivity index (χ0v) is 12.3. The van der Waals surface area contributed by atoms with Gasteiger partial charge in [0.15, 0.2) is 0 Å². The van der Waals surface area contributed by atoms with Crippen LogP contribution >= 0.6 is 0 Å². The number of amides is 1. The first kappa shape index (κ1) is 14.9. The van der Waals surface area contributed by atoms with Crippen molar-refractivity contribution in [3.05, 3.63) is 59.7 Å². The minimum atomic E-state index is 0.0222. The molecule has 1 amide bonds. The van der Waals surface area contributed by atoms with Gasteiger partial charge in [0.2, 0.25) is 5.91 Å². The molecule has 0 unspecified atom stereocenters. The standard InChI is InChI=1S/C17H20N2O2/c1-18-17(20)11-13-3-7-15(8-4-13)19-12-14-5-9-16(21-2)10-6-14/h3-10,19H,11-12H2,1-2H3,(H,18,20). The van der Waals surface area contributed by atoms with Gasteiger partial charge in [0, 0.05) is 19.3 Å². The highest BCUT2D eigenvalue weighted by Crippen LogP contribution is 2.14. The monoisotopic (exact) mass is 284 g/mol. The van der Waals surface area contributed by atoms with Crippen molar-refractivity contribution in [2.45, 2.75) is 13.0 Å². The lowest BCUT2D eigenvalue weighted by Gasteiger charge is -2.08. The van der Waals surface area contributed by atoms with Crippen molar-refractivity contribution in [2.24, 2.45) is 0 Å². The van der Waals surface area contributed by atoms with Crippen LogP contribution in [-0.2, 0) is 17.8 Å². The van der Waals surface area contributed by atoms with Crippen LogP contribution in [0.15, 0.2) is 48.5 Å². The Bertz CT molecular complexity index is 577. The van der Waals surface area contributed by atoms with E-state index in [1.165, 1.54) is 5.56 Å². The molecule has 0 atom stereocenters. The van der Waals surface area contributed by atoms with Gasteiger partial charge in [-0.1, -0.05) is 24.3 Å². The Morgan fingerprint density at radius 3 is 2.19 bits per heavy atom. The molecule has 0 aliphatic carbocycles. The third-order valence-corrected chi connectivity index (χ3v) is 3.25. The van der Waals surface area contributed by atoms with E-state index in [0.717, 1.165) is 23.5 Å². The fraction of sp³-hybridized carbons (Fsp3) is 0.235. The molecule has 0 heterocycles. The third kappa shape index (κ3) is 4.53. The van der Waals surface area contributed by atoms with Gasteiger partial charge in [0.25, 0.3) is 0 Å². The van der Waals surface area contributed by atoms with Crippen molar-refractivity contribution in [1.82, 2.24) is 5.32 Å². The van der Waals surface area contributed by atoms with Crippen LogP contribution in [0, 0.1) is 0 Å². The number of benzene rings is 2. The van der Waals surface area contributed by atoms with Crippen LogP contribution in [0.4, 0.5) is 5.69 Å². The van der Waals surface area contributed by atoms with E-state index in [2.05, 4.69) is 10.6 Å². The Morgan fingerprint density at radius 1 is 1.00 bits per heavy atom. The Hall–Kier alpha value is -2.49. The van der Waals surface area contributed by atoms with Gasteiger partial charge < -0.3 is 15.4 Å². The molecule has 0 radical (unpaired) electrons. The molecule has 0 aromatic heterocycles. The van der Waals surface area contributed by atoms with Gasteiger partial charge in [0.1, 0.15) is 5.75 Å². The average Bonchev–Trinajstić information content (AvgIpc) is 2.54. The molecule has 2 rings (SSSR count). The van der Waals surface area contributed by atoms with Crippen molar-refractivity contribution in [3.63, 3.8) is 0 Å². The highest BCUT2D eigenvalue weighted by molar-refractivity contribution is 5.78. The van der Waals surface area contributed by atoms with E-state index in [1.807, 2.05) is 48.5 Å². The minimum Gasteiger partial charge on any atom is -0.497 e. The van der Waals surface area contributed by atoms with Gasteiger partial charge in [-0.3, -0.25) is 4.79 Å². The second-order valence-electron chi connectivity index (χ2n) is 4.75. The highest BCUT2D eigenvalue weighted by Gasteiger charge is 2.01. The quantitative estimate of drug-likeness (QED) is 0.857. The average molecular weight is 284 g/mol. The Kier molecular flexibility index (Phi) is 5.21. The summed E-state index contributed by atoms with van der Waals surface area (Å²) in [6.45, 7) is 0.749. The summed E-state index contributed by atoms with van der Waals surface area (Å²) in [6.07, 6.45) is 0.412. The number of likely N-dealkylation sites (N-methyl/N-ethyl adjacent to an activating group) is 1. The minimum absolute atomic E-state index is 0.0222. The van der Waals surface area contributed by atoms with Crippen molar-refractivity contribution < 1.29 is 9.53 Å². The number of hydrogen-bond acceptors (Lipinski definition) is 3. The Balaban J connectivity index is 1.89. The van der Waals surface area contributed by atoms with Gasteiger partial charge in [-0.15, -0.1) is 0 Å². The van der Waals surface area contributed by atoms with Crippen LogP contribution < -0.4 is 15.4 Å². The molecule has 0 bridgehead atoms. The van der Waals surface area contributed by atoms with Gasteiger partial charge in [-0.2, -0.15) is 0 Å². The molecule has 4 nitrogen and oxygen atoms in total. The smallest absolute Gasteiger partial charge is 0.224 e. The summed E-state index contributed by atoms with van der Waals surface area (Å²) in [4.78, 5) is 11.3. The van der Waals surface area contributed by atoms with Crippen LogP contribution in [0.25, 0.3) is 0 Å². The first-order valence-electron chi connectivity index (χ1n) is 6.87. The van der Waals surface area contributed by atoms with E-state index in [9.17, 15) is 4.79 Å². The van der Waals surface area contributed by atoms with Crippen molar-refractivity contribution in [2.75, 3.05) is 19.5 Å². The SMILES string of the molecule is CNC(=O)Cc1ccc(NCc2ccc(OC)cc2)cc1. The number of ether oxygens (including phenoxy) is 1. The molecule has 0 fully saturated rings. The van der Waals surface area contributed by atoms with Gasteiger partial charge in [-0.25, -0.2) is 0 Å². The third-order valence-electron chi connectivity index (χ3n) is 3.25. The topological polar surface area (TPSA) is 50.4 Å². The molecule has 0 aliphatic heterocycles. The number of hydrogen-bond donors (Lipinski definition) is 2. The lowest BCUT2D eigenvalue weighted by Crippen LogP contribution is -2.19. The van der Waals surface area contributed by atoms with Crippen molar-refractivity contribution in [3.8, 4) is 5.75 Å². The molecule has 0 saturated carbocycles. The van der Waals surface area contributed by atoms with Gasteiger partial charge >= 0.3 is 0 Å². The fourth-order valence-electron chi connectivity index (χ4n) is 1.96. The molecule has 0 aliphatic rings. The van der Waals surface area contributed by atoms with Crippen molar-refractivity contribution in [1.29, 1.82) is 0 Å². The number of carbonyl (C=O) groups is 1. The predicted octanol–water partition coefficient (Wildman–Crippen LogP) is 2.60. The summed E-state index contributed by atoms with van der Waals surface area (Å²) in [5.41, 5.74) is 3.22. The Labute approximate surface area is 125 Å². The number of rotatable bonds is 6. The molecule has 0 spiro atoms. The molecule has 4 heteroatoms. The van der Waals surface area contributed by atoms with Gasteiger partial charge in [-0.05, 0) is 35.4 Å². The zero-order valence-electron chi connectivity index (χ0n) is 12.3. The summed E-state index contributed by atoms with van der Waals surface area (Å²) < 4.78 is 5.13. The number of methoxy groups -OCH3 is 1. The van der Waals surface area contributed by atoms with Crippen LogP contribution in [0.1, 0.15) is 11.1 Å². The summed E-state index contributed by atoms with van der Waals surface area (Å²) in [5.74, 6) is 0.881. The largest absolute Gasteiger partial charge is 0.497 e. The molecule has 21 heavy (non-hydrogen) atoms. The normalized spacial score (nSPS) is 10.0. The maximum atomic E-state index is 11.3.